The quantitative estimate of drug-likeness (QED) is 0.782. The van der Waals surface area contributed by atoms with Crippen LogP contribution in [-0.2, 0) is 0 Å². The van der Waals surface area contributed by atoms with Gasteiger partial charge in [0.05, 0.1) is 21.3 Å². The maximum Gasteiger partial charge on any atom is 0.153 e. The molecule has 0 bridgehead atoms. The fraction of sp³-hybridized carbons (Fsp3) is 0. The molecule has 0 aliphatic carbocycles. The van der Waals surface area contributed by atoms with Crippen LogP contribution in [0, 0.1) is 5.82 Å². The Bertz CT molecular complexity index is 566. The number of rotatable bonds is 1. The van der Waals surface area contributed by atoms with Crippen molar-refractivity contribution in [1.82, 2.24) is 4.98 Å². The second-order valence-corrected chi connectivity index (χ2v) is 4.47. The van der Waals surface area contributed by atoms with Crippen molar-refractivity contribution >= 4 is 34.8 Å². The number of hydrogen-bond acceptors (Lipinski definition) is 2. The van der Waals surface area contributed by atoms with Gasteiger partial charge in [0, 0.05) is 11.6 Å². The van der Waals surface area contributed by atoms with Crippen LogP contribution in [0.4, 0.5) is 4.39 Å². The minimum Gasteiger partial charge on any atom is -0.506 e. The Balaban J connectivity index is 2.61. The van der Waals surface area contributed by atoms with Gasteiger partial charge >= 0.3 is 0 Å². The van der Waals surface area contributed by atoms with Crippen molar-refractivity contribution in [3.05, 3.63) is 45.3 Å². The molecule has 0 amide bonds. The molecule has 0 saturated heterocycles. The van der Waals surface area contributed by atoms with E-state index in [2.05, 4.69) is 4.98 Å². The van der Waals surface area contributed by atoms with E-state index in [1.54, 1.807) is 0 Å². The average Bonchev–Trinajstić information content (AvgIpc) is 2.25. The number of hydrogen-bond donors (Lipinski definition) is 1. The van der Waals surface area contributed by atoms with E-state index in [0.717, 1.165) is 12.3 Å². The lowest BCUT2D eigenvalue weighted by Crippen LogP contribution is -1.89. The van der Waals surface area contributed by atoms with Crippen molar-refractivity contribution in [2.75, 3.05) is 0 Å². The summed E-state index contributed by atoms with van der Waals surface area (Å²) >= 11 is 17.5. The Morgan fingerprint density at radius 2 is 1.65 bits per heavy atom. The summed E-state index contributed by atoms with van der Waals surface area (Å²) in [4.78, 5) is 3.77. The first kappa shape index (κ1) is 12.4. The van der Waals surface area contributed by atoms with E-state index >= 15 is 0 Å². The molecule has 0 saturated carbocycles. The molecule has 6 heteroatoms. The summed E-state index contributed by atoms with van der Waals surface area (Å²) in [6.07, 6.45) is 1.13. The van der Waals surface area contributed by atoms with Crippen LogP contribution >= 0.6 is 34.8 Å². The first-order chi connectivity index (χ1) is 7.99. The van der Waals surface area contributed by atoms with E-state index in [9.17, 15) is 4.39 Å². The fourth-order valence-corrected chi connectivity index (χ4v) is 1.93. The van der Waals surface area contributed by atoms with E-state index in [1.807, 2.05) is 0 Å². The lowest BCUT2D eigenvalue weighted by molar-refractivity contribution is 0.466. The van der Waals surface area contributed by atoms with Crippen molar-refractivity contribution < 1.29 is 9.50 Å². The summed E-state index contributed by atoms with van der Waals surface area (Å²) in [7, 11) is 0. The van der Waals surface area contributed by atoms with Crippen LogP contribution < -0.4 is 0 Å². The first-order valence-corrected chi connectivity index (χ1v) is 5.62. The normalized spacial score (nSPS) is 10.6. The molecule has 2 rings (SSSR count). The van der Waals surface area contributed by atoms with Gasteiger partial charge in [-0.05, 0) is 12.1 Å². The highest BCUT2D eigenvalue weighted by molar-refractivity contribution is 6.48. The molecular formula is C11H5Cl3FNO. The highest BCUT2D eigenvalue weighted by Crippen LogP contribution is 2.35. The third-order valence-corrected chi connectivity index (χ3v) is 3.28. The van der Waals surface area contributed by atoms with Crippen LogP contribution in [0.2, 0.25) is 15.1 Å². The molecule has 88 valence electrons. The number of halogens is 4. The van der Waals surface area contributed by atoms with Crippen LogP contribution in [0.15, 0.2) is 24.4 Å². The second kappa shape index (κ2) is 4.69. The van der Waals surface area contributed by atoms with E-state index in [-0.39, 0.29) is 26.5 Å². The van der Waals surface area contributed by atoms with Crippen LogP contribution in [0.25, 0.3) is 11.3 Å². The van der Waals surface area contributed by atoms with Crippen LogP contribution in [0.5, 0.6) is 5.75 Å². The minimum absolute atomic E-state index is 0.0447. The number of aromatic nitrogens is 1. The van der Waals surface area contributed by atoms with Crippen molar-refractivity contribution in [2.24, 2.45) is 0 Å². The summed E-state index contributed by atoms with van der Waals surface area (Å²) in [6.45, 7) is 0. The smallest absolute Gasteiger partial charge is 0.153 e. The molecule has 0 unspecified atom stereocenters. The number of pyridine rings is 1. The zero-order chi connectivity index (χ0) is 12.6. The standard InChI is InChI=1S/C11H5Cl3FNO/c12-7-1-5(2-8(13)10(7)14)11-9(15)3-6(17)4-16-11/h1-4,17H. The third kappa shape index (κ3) is 2.46. The van der Waals surface area contributed by atoms with Gasteiger partial charge in [-0.15, -0.1) is 0 Å². The molecular weight excluding hydrogens is 287 g/mol. The summed E-state index contributed by atoms with van der Waals surface area (Å²) in [5, 5.41) is 9.69. The maximum atomic E-state index is 13.6. The lowest BCUT2D eigenvalue weighted by atomic mass is 10.1. The minimum atomic E-state index is -0.667. The summed E-state index contributed by atoms with van der Waals surface area (Å²) < 4.78 is 13.6. The van der Waals surface area contributed by atoms with Crippen molar-refractivity contribution in [1.29, 1.82) is 0 Å². The van der Waals surface area contributed by atoms with Crippen LogP contribution in [0.1, 0.15) is 0 Å². The van der Waals surface area contributed by atoms with E-state index < -0.39 is 5.82 Å². The Morgan fingerprint density at radius 3 is 2.18 bits per heavy atom. The predicted octanol–water partition coefficient (Wildman–Crippen LogP) is 4.55. The molecule has 0 radical (unpaired) electrons. The Morgan fingerprint density at radius 1 is 1.06 bits per heavy atom. The van der Waals surface area contributed by atoms with Gasteiger partial charge in [0.15, 0.2) is 5.82 Å². The summed E-state index contributed by atoms with van der Waals surface area (Å²) in [5.74, 6) is -0.920. The SMILES string of the molecule is Oc1cnc(-c2cc(Cl)c(Cl)c(Cl)c2)c(F)c1. The molecule has 0 spiro atoms. The van der Waals surface area contributed by atoms with E-state index in [0.29, 0.717) is 5.56 Å². The largest absolute Gasteiger partial charge is 0.506 e. The van der Waals surface area contributed by atoms with Gasteiger partial charge in [-0.25, -0.2) is 9.37 Å². The maximum absolute atomic E-state index is 13.6. The Labute approximate surface area is 112 Å². The Hall–Kier alpha value is -1.03. The lowest BCUT2D eigenvalue weighted by Gasteiger charge is -2.06. The van der Waals surface area contributed by atoms with Gasteiger partial charge in [-0.1, -0.05) is 34.8 Å². The monoisotopic (exact) mass is 291 g/mol. The predicted molar refractivity (Wildman–Crippen MR) is 66.3 cm³/mol. The number of benzene rings is 1. The van der Waals surface area contributed by atoms with Crippen LogP contribution in [-0.4, -0.2) is 10.1 Å². The fourth-order valence-electron chi connectivity index (χ4n) is 1.33. The third-order valence-electron chi connectivity index (χ3n) is 2.08. The zero-order valence-corrected chi connectivity index (χ0v) is 10.5. The van der Waals surface area contributed by atoms with E-state index in [1.165, 1.54) is 12.1 Å². The Kier molecular flexibility index (Phi) is 3.43. The van der Waals surface area contributed by atoms with Crippen LogP contribution in [0.3, 0.4) is 0 Å². The van der Waals surface area contributed by atoms with Crippen molar-refractivity contribution in [3.63, 3.8) is 0 Å². The summed E-state index contributed by atoms with van der Waals surface area (Å²) in [5.41, 5.74) is 0.435. The summed E-state index contributed by atoms with van der Waals surface area (Å²) in [6, 6.07) is 3.87. The van der Waals surface area contributed by atoms with Gasteiger partial charge in [0.25, 0.3) is 0 Å². The van der Waals surface area contributed by atoms with Crippen molar-refractivity contribution in [2.45, 2.75) is 0 Å². The molecule has 2 nitrogen and oxygen atoms in total. The molecule has 1 heterocycles. The number of aromatic hydroxyl groups is 1. The van der Waals surface area contributed by atoms with Gasteiger partial charge < -0.3 is 5.11 Å². The molecule has 1 N–H and O–H groups in total. The number of nitrogens with zero attached hydrogens (tertiary/aromatic N) is 1. The first-order valence-electron chi connectivity index (χ1n) is 4.48. The molecule has 2 aromatic rings. The zero-order valence-electron chi connectivity index (χ0n) is 8.22. The molecule has 0 aliphatic heterocycles. The van der Waals surface area contributed by atoms with Crippen molar-refractivity contribution in [3.8, 4) is 17.0 Å². The van der Waals surface area contributed by atoms with Gasteiger partial charge in [0.2, 0.25) is 0 Å². The van der Waals surface area contributed by atoms with Gasteiger partial charge in [-0.3, -0.25) is 0 Å². The highest BCUT2D eigenvalue weighted by atomic mass is 35.5. The molecule has 0 aliphatic rings. The van der Waals surface area contributed by atoms with E-state index in [4.69, 9.17) is 39.9 Å². The molecule has 0 atom stereocenters. The second-order valence-electron chi connectivity index (χ2n) is 3.28. The molecule has 1 aromatic heterocycles. The molecule has 0 fully saturated rings. The van der Waals surface area contributed by atoms with Gasteiger partial charge in [0.1, 0.15) is 11.4 Å². The average molecular weight is 293 g/mol. The topological polar surface area (TPSA) is 33.1 Å². The molecule has 1 aromatic carbocycles. The highest BCUT2D eigenvalue weighted by Gasteiger charge is 2.12. The van der Waals surface area contributed by atoms with Gasteiger partial charge in [-0.2, -0.15) is 0 Å². The molecule has 17 heavy (non-hydrogen) atoms.